The van der Waals surface area contributed by atoms with Crippen LogP contribution in [0, 0.1) is 0 Å². The van der Waals surface area contributed by atoms with E-state index in [1.54, 1.807) is 0 Å². The summed E-state index contributed by atoms with van der Waals surface area (Å²) >= 11 is 0. The van der Waals surface area contributed by atoms with E-state index in [9.17, 15) is 4.79 Å². The van der Waals surface area contributed by atoms with Crippen LogP contribution in [-0.4, -0.2) is 37.3 Å². The lowest BCUT2D eigenvalue weighted by Crippen LogP contribution is -2.37. The van der Waals surface area contributed by atoms with Gasteiger partial charge in [-0.2, -0.15) is 0 Å². The minimum atomic E-state index is -0.770. The van der Waals surface area contributed by atoms with Crippen LogP contribution in [0.2, 0.25) is 0 Å². The zero-order chi connectivity index (χ0) is 13.4. The van der Waals surface area contributed by atoms with Gasteiger partial charge in [0.15, 0.2) is 0 Å². The molecule has 1 unspecified atom stereocenters. The lowest BCUT2D eigenvalue weighted by molar-refractivity contribution is -0.139. The van der Waals surface area contributed by atoms with E-state index in [0.717, 1.165) is 19.5 Å². The van der Waals surface area contributed by atoms with Gasteiger partial charge in [-0.25, -0.2) is 0 Å². The molecule has 0 amide bonds. The summed E-state index contributed by atoms with van der Waals surface area (Å²) in [5.74, 6) is -0.770. The second kappa shape index (κ2) is 7.71. The smallest absolute Gasteiger partial charge is 0.320 e. The average Bonchev–Trinajstić information content (AvgIpc) is 2.39. The largest absolute Gasteiger partial charge is 0.480 e. The highest BCUT2D eigenvalue weighted by atomic mass is 16.4. The number of carboxylic acid groups (broad SMARTS) is 1. The minimum Gasteiger partial charge on any atom is -0.480 e. The molecule has 0 aliphatic rings. The Kier molecular flexibility index (Phi) is 6.22. The standard InChI is InChI=1S/C14H22N2O2/c1-3-13(14(17)18)15-10-7-11-16(2)12-8-5-4-6-9-12/h4-6,8-9,13,15H,3,7,10-11H2,1-2H3,(H,17,18). The number of nitrogens with one attached hydrogen (secondary N) is 1. The Morgan fingerprint density at radius 1 is 1.39 bits per heavy atom. The zero-order valence-electron chi connectivity index (χ0n) is 11.1. The van der Waals surface area contributed by atoms with Crippen LogP contribution in [0.4, 0.5) is 5.69 Å². The van der Waals surface area contributed by atoms with Crippen molar-refractivity contribution in [2.45, 2.75) is 25.8 Å². The molecule has 0 aromatic heterocycles. The highest BCUT2D eigenvalue weighted by Crippen LogP contribution is 2.10. The minimum absolute atomic E-state index is 0.424. The molecule has 1 rings (SSSR count). The summed E-state index contributed by atoms with van der Waals surface area (Å²) in [4.78, 5) is 13.0. The maximum atomic E-state index is 10.8. The van der Waals surface area contributed by atoms with Crippen molar-refractivity contribution >= 4 is 11.7 Å². The number of benzene rings is 1. The Bertz CT molecular complexity index is 354. The first-order valence-corrected chi connectivity index (χ1v) is 6.37. The Morgan fingerprint density at radius 3 is 2.61 bits per heavy atom. The Hall–Kier alpha value is -1.55. The van der Waals surface area contributed by atoms with Crippen molar-refractivity contribution in [2.75, 3.05) is 25.0 Å². The molecule has 1 aromatic carbocycles. The zero-order valence-corrected chi connectivity index (χ0v) is 11.1. The molecule has 4 nitrogen and oxygen atoms in total. The van der Waals surface area contributed by atoms with E-state index in [-0.39, 0.29) is 0 Å². The van der Waals surface area contributed by atoms with Crippen LogP contribution in [0.5, 0.6) is 0 Å². The van der Waals surface area contributed by atoms with Gasteiger partial charge in [0.2, 0.25) is 0 Å². The van der Waals surface area contributed by atoms with E-state index in [0.29, 0.717) is 6.42 Å². The van der Waals surface area contributed by atoms with E-state index in [2.05, 4.69) is 22.3 Å². The Balaban J connectivity index is 2.24. The van der Waals surface area contributed by atoms with Crippen LogP contribution < -0.4 is 10.2 Å². The predicted molar refractivity (Wildman–Crippen MR) is 74.0 cm³/mol. The molecule has 2 N–H and O–H groups in total. The number of anilines is 1. The monoisotopic (exact) mass is 250 g/mol. The van der Waals surface area contributed by atoms with Gasteiger partial charge in [0.1, 0.15) is 6.04 Å². The number of nitrogens with zero attached hydrogens (tertiary/aromatic N) is 1. The molecule has 0 aliphatic carbocycles. The van der Waals surface area contributed by atoms with E-state index in [4.69, 9.17) is 5.11 Å². The van der Waals surface area contributed by atoms with Crippen molar-refractivity contribution in [1.82, 2.24) is 5.32 Å². The number of hydrogen-bond donors (Lipinski definition) is 2. The van der Waals surface area contributed by atoms with Crippen LogP contribution in [0.3, 0.4) is 0 Å². The van der Waals surface area contributed by atoms with Gasteiger partial charge in [-0.15, -0.1) is 0 Å². The third kappa shape index (κ3) is 4.75. The topological polar surface area (TPSA) is 52.6 Å². The van der Waals surface area contributed by atoms with E-state index < -0.39 is 12.0 Å². The fourth-order valence-corrected chi connectivity index (χ4v) is 1.81. The normalized spacial score (nSPS) is 12.1. The Morgan fingerprint density at radius 2 is 2.06 bits per heavy atom. The number of carbonyl (C=O) groups is 1. The molecule has 0 fully saturated rings. The molecule has 0 bridgehead atoms. The summed E-state index contributed by atoms with van der Waals surface area (Å²) in [6.45, 7) is 3.51. The molecule has 0 heterocycles. The van der Waals surface area contributed by atoms with Gasteiger partial charge < -0.3 is 15.3 Å². The lowest BCUT2D eigenvalue weighted by atomic mass is 10.2. The second-order valence-electron chi connectivity index (χ2n) is 4.36. The molecular formula is C14H22N2O2. The van der Waals surface area contributed by atoms with Gasteiger partial charge in [-0.05, 0) is 31.5 Å². The quantitative estimate of drug-likeness (QED) is 0.693. The summed E-state index contributed by atoms with van der Waals surface area (Å²) in [6, 6.07) is 9.74. The number of hydrogen-bond acceptors (Lipinski definition) is 3. The third-order valence-electron chi connectivity index (χ3n) is 2.96. The lowest BCUT2D eigenvalue weighted by Gasteiger charge is -2.20. The second-order valence-corrected chi connectivity index (χ2v) is 4.36. The molecule has 1 aromatic rings. The number of carboxylic acids is 1. The first-order valence-electron chi connectivity index (χ1n) is 6.37. The highest BCUT2D eigenvalue weighted by Gasteiger charge is 2.12. The van der Waals surface area contributed by atoms with Gasteiger partial charge in [-0.1, -0.05) is 25.1 Å². The molecule has 4 heteroatoms. The molecule has 0 saturated heterocycles. The predicted octanol–water partition coefficient (Wildman–Crippen LogP) is 1.97. The van der Waals surface area contributed by atoms with Gasteiger partial charge in [0.05, 0.1) is 0 Å². The van der Waals surface area contributed by atoms with Gasteiger partial charge >= 0.3 is 5.97 Å². The summed E-state index contributed by atoms with van der Waals surface area (Å²) in [7, 11) is 2.05. The molecule has 0 radical (unpaired) electrons. The van der Waals surface area contributed by atoms with Gasteiger partial charge in [-0.3, -0.25) is 4.79 Å². The van der Waals surface area contributed by atoms with E-state index in [1.807, 2.05) is 32.2 Å². The van der Waals surface area contributed by atoms with Crippen molar-refractivity contribution in [3.8, 4) is 0 Å². The van der Waals surface area contributed by atoms with Crippen LogP contribution in [0.25, 0.3) is 0 Å². The van der Waals surface area contributed by atoms with Gasteiger partial charge in [0.25, 0.3) is 0 Å². The molecule has 0 saturated carbocycles. The van der Waals surface area contributed by atoms with E-state index >= 15 is 0 Å². The first-order chi connectivity index (χ1) is 8.65. The van der Waals surface area contributed by atoms with Crippen LogP contribution in [0.15, 0.2) is 30.3 Å². The van der Waals surface area contributed by atoms with Crippen molar-refractivity contribution < 1.29 is 9.90 Å². The van der Waals surface area contributed by atoms with Gasteiger partial charge in [0, 0.05) is 19.3 Å². The number of rotatable bonds is 8. The molecular weight excluding hydrogens is 228 g/mol. The maximum Gasteiger partial charge on any atom is 0.320 e. The molecule has 0 spiro atoms. The van der Waals surface area contributed by atoms with Crippen molar-refractivity contribution in [3.05, 3.63) is 30.3 Å². The van der Waals surface area contributed by atoms with Crippen LogP contribution >= 0.6 is 0 Å². The molecule has 0 aliphatic heterocycles. The van der Waals surface area contributed by atoms with E-state index in [1.165, 1.54) is 5.69 Å². The summed E-state index contributed by atoms with van der Waals surface area (Å²) < 4.78 is 0. The molecule has 18 heavy (non-hydrogen) atoms. The SMILES string of the molecule is CCC(NCCCN(C)c1ccccc1)C(=O)O. The number of aliphatic carboxylic acids is 1. The van der Waals surface area contributed by atoms with Crippen LogP contribution in [-0.2, 0) is 4.79 Å². The highest BCUT2D eigenvalue weighted by molar-refractivity contribution is 5.73. The number of para-hydroxylation sites is 1. The first kappa shape index (κ1) is 14.5. The summed E-state index contributed by atoms with van der Waals surface area (Å²) in [5.41, 5.74) is 1.18. The fourth-order valence-electron chi connectivity index (χ4n) is 1.81. The third-order valence-corrected chi connectivity index (χ3v) is 2.96. The maximum absolute atomic E-state index is 10.8. The average molecular weight is 250 g/mol. The van der Waals surface area contributed by atoms with Crippen molar-refractivity contribution in [1.29, 1.82) is 0 Å². The molecule has 1 atom stereocenters. The molecule has 100 valence electrons. The Labute approximate surface area is 109 Å². The summed E-state index contributed by atoms with van der Waals surface area (Å²) in [5, 5.41) is 11.9. The fraction of sp³-hybridized carbons (Fsp3) is 0.500. The summed E-state index contributed by atoms with van der Waals surface area (Å²) in [6.07, 6.45) is 1.54. The van der Waals surface area contributed by atoms with Crippen molar-refractivity contribution in [2.24, 2.45) is 0 Å². The van der Waals surface area contributed by atoms with Crippen molar-refractivity contribution in [3.63, 3.8) is 0 Å². The van der Waals surface area contributed by atoms with Crippen LogP contribution in [0.1, 0.15) is 19.8 Å².